The summed E-state index contributed by atoms with van der Waals surface area (Å²) >= 11 is 0. The van der Waals surface area contributed by atoms with Crippen LogP contribution in [0.5, 0.6) is 0 Å². The summed E-state index contributed by atoms with van der Waals surface area (Å²) in [6.45, 7) is 0. The minimum absolute atomic E-state index is 0.0974. The van der Waals surface area contributed by atoms with E-state index in [2.05, 4.69) is 300 Å². The molecule has 1 saturated carbocycles. The molecule has 602 valence electrons. The smallest absolute Gasteiger partial charge is 0.253 e. The molecule has 4 atom stereocenters. The molecule has 19 rings (SSSR count). The van der Waals surface area contributed by atoms with Crippen molar-refractivity contribution in [2.45, 2.75) is 49.9 Å². The number of nitrogens with one attached hydrogen (secondary N) is 4. The standard InChI is InChI=1S/C60H46N2O2P2.C52H44N2O2P2/c63-59(55-51-37-21-19-23-43(51)39-41-53(55)65(47-29-11-3-12-30-47)48-31-13-4-14-32-48)61-57(45-25-7-1-8-26-45)58(46-27-9-2-10-28-46)62-60(64)56-52-38-22-20-24-44(52)40-42-54(56)66(49-33-15-5-16-34-49)50-35-17-6-18-36-50;55-51(49-43-29-15-13-19-37(43)33-35-47(49)57(39-21-5-1-6-22-39)40-23-7-2-8-24-40)53-45-31-17-18-32-46(45)54-52(56)50-44-30-16-14-20-38(44)34-36-48(50)58(41-25-9-3-10-26-41)42-27-11-4-12-28-42/h1-42,57-58H,(H,61,63)(H,62,64);1-16,19-30,33-36,45-46H,17-18,31-32H2,(H,53,55)(H,54,56). The summed E-state index contributed by atoms with van der Waals surface area (Å²) in [5, 5.41) is 35.1. The van der Waals surface area contributed by atoms with Gasteiger partial charge in [0, 0.05) is 12.1 Å². The SMILES string of the molecule is O=C(NC(c1ccccc1)C(NC(=O)c1c(P(c2ccccc2)c2ccccc2)ccc2ccccc12)c1ccccc1)c1c(P(c2ccccc2)c2ccccc2)ccc2ccccc12.O=C(NC1CCCCC1NC(=O)c1c(P(c2ccccc2)c2ccccc2)ccc2ccccc12)c1c(P(c2ccccc2)c2ccccc2)ccc2ccccc12. The average Bonchev–Trinajstić information content (AvgIpc) is 0.773. The zero-order valence-electron chi connectivity index (χ0n) is 68.3. The fraction of sp³-hybridized carbons (Fsp3) is 0.0714. The van der Waals surface area contributed by atoms with E-state index < -0.39 is 43.8 Å². The van der Waals surface area contributed by atoms with E-state index in [1.54, 1.807) is 0 Å². The highest BCUT2D eigenvalue weighted by molar-refractivity contribution is 7.81. The third-order valence-corrected chi connectivity index (χ3v) is 33.2. The van der Waals surface area contributed by atoms with Gasteiger partial charge >= 0.3 is 0 Å². The number of hydrogen-bond acceptors (Lipinski definition) is 4. The molecule has 1 aliphatic rings. The zero-order valence-corrected chi connectivity index (χ0v) is 71.9. The van der Waals surface area contributed by atoms with Crippen molar-refractivity contribution in [3.8, 4) is 0 Å². The Bertz CT molecular complexity index is 6180. The first-order valence-electron chi connectivity index (χ1n) is 42.3. The minimum Gasteiger partial charge on any atom is -0.347 e. The maximum Gasteiger partial charge on any atom is 0.253 e. The first-order chi connectivity index (χ1) is 61.3. The molecule has 124 heavy (non-hydrogen) atoms. The topological polar surface area (TPSA) is 116 Å². The number of benzene rings is 18. The lowest BCUT2D eigenvalue weighted by Crippen LogP contribution is -2.54. The molecule has 4 unspecified atom stereocenters. The van der Waals surface area contributed by atoms with Crippen LogP contribution < -0.4 is 84.9 Å². The van der Waals surface area contributed by atoms with E-state index in [-0.39, 0.29) is 35.7 Å². The number of rotatable bonds is 23. The van der Waals surface area contributed by atoms with Gasteiger partial charge in [-0.3, -0.25) is 19.2 Å². The first-order valence-corrected chi connectivity index (χ1v) is 47.6. The molecule has 0 heterocycles. The summed E-state index contributed by atoms with van der Waals surface area (Å²) in [7, 11) is -4.39. The summed E-state index contributed by atoms with van der Waals surface area (Å²) in [5.41, 5.74) is 4.39. The van der Waals surface area contributed by atoms with Gasteiger partial charge in [0.15, 0.2) is 0 Å². The number of amides is 4. The summed E-state index contributed by atoms with van der Waals surface area (Å²) in [6.07, 6.45) is 3.53. The van der Waals surface area contributed by atoms with Gasteiger partial charge in [-0.2, -0.15) is 0 Å². The number of hydrogen-bond donors (Lipinski definition) is 4. The lowest BCUT2D eigenvalue weighted by Gasteiger charge is -2.34. The lowest BCUT2D eigenvalue weighted by molar-refractivity contribution is 0.0865. The van der Waals surface area contributed by atoms with Crippen molar-refractivity contribution in [3.63, 3.8) is 0 Å². The molecule has 4 amide bonds. The van der Waals surface area contributed by atoms with E-state index in [0.717, 1.165) is 122 Å². The average molecular weight is 1680 g/mol. The van der Waals surface area contributed by atoms with Crippen LogP contribution in [0.25, 0.3) is 43.1 Å². The van der Waals surface area contributed by atoms with Crippen LogP contribution >= 0.6 is 31.7 Å². The van der Waals surface area contributed by atoms with Crippen LogP contribution in [0.1, 0.15) is 90.3 Å². The van der Waals surface area contributed by atoms with E-state index in [1.165, 1.54) is 21.2 Å². The van der Waals surface area contributed by atoms with Crippen LogP contribution in [0.3, 0.4) is 0 Å². The summed E-state index contributed by atoms with van der Waals surface area (Å²) < 4.78 is 0. The molecule has 12 heteroatoms. The van der Waals surface area contributed by atoms with Crippen LogP contribution in [0.15, 0.2) is 449 Å². The quantitative estimate of drug-likeness (QED) is 0.0477. The molecule has 0 aliphatic heterocycles. The van der Waals surface area contributed by atoms with Crippen molar-refractivity contribution in [3.05, 3.63) is 482 Å². The Kier molecular flexibility index (Phi) is 25.5. The fourth-order valence-corrected chi connectivity index (χ4v) is 27.3. The Labute approximate surface area is 729 Å². The predicted octanol–water partition coefficient (Wildman–Crippen LogP) is 20.1. The van der Waals surface area contributed by atoms with E-state index in [9.17, 15) is 0 Å². The monoisotopic (exact) mass is 1680 g/mol. The van der Waals surface area contributed by atoms with Gasteiger partial charge in [-0.1, -0.05) is 462 Å². The normalized spacial score (nSPS) is 13.7. The van der Waals surface area contributed by atoms with Gasteiger partial charge in [-0.25, -0.2) is 0 Å². The summed E-state index contributed by atoms with van der Waals surface area (Å²) in [6, 6.07) is 152. The Morgan fingerprint density at radius 2 is 0.395 bits per heavy atom. The van der Waals surface area contributed by atoms with Crippen molar-refractivity contribution in [1.82, 2.24) is 21.3 Å². The lowest BCUT2D eigenvalue weighted by atomic mass is 9.89. The van der Waals surface area contributed by atoms with E-state index >= 15 is 19.2 Å². The molecule has 4 N–H and O–H groups in total. The second-order valence-electron chi connectivity index (χ2n) is 30.9. The van der Waals surface area contributed by atoms with Gasteiger partial charge in [-0.05, 0) is 162 Å². The van der Waals surface area contributed by atoms with E-state index in [1.807, 2.05) is 170 Å². The van der Waals surface area contributed by atoms with Crippen LogP contribution in [-0.4, -0.2) is 35.7 Å². The predicted molar refractivity (Wildman–Crippen MR) is 525 cm³/mol. The maximum atomic E-state index is 15.7. The number of fused-ring (bicyclic) bond motifs is 4. The molecule has 8 nitrogen and oxygen atoms in total. The van der Waals surface area contributed by atoms with Gasteiger partial charge in [0.25, 0.3) is 23.6 Å². The Hall–Kier alpha value is -13.4. The largest absolute Gasteiger partial charge is 0.347 e. The highest BCUT2D eigenvalue weighted by Crippen LogP contribution is 2.43. The van der Waals surface area contributed by atoms with Crippen molar-refractivity contribution in [2.75, 3.05) is 0 Å². The Morgan fingerprint density at radius 3 is 0.613 bits per heavy atom. The van der Waals surface area contributed by atoms with Crippen LogP contribution in [-0.2, 0) is 0 Å². The van der Waals surface area contributed by atoms with Gasteiger partial charge in [-0.15, -0.1) is 0 Å². The van der Waals surface area contributed by atoms with Gasteiger partial charge in [0.1, 0.15) is 0 Å². The third-order valence-electron chi connectivity index (χ3n) is 23.2. The van der Waals surface area contributed by atoms with Crippen molar-refractivity contribution >= 4 is 162 Å². The van der Waals surface area contributed by atoms with Gasteiger partial charge in [0.2, 0.25) is 0 Å². The van der Waals surface area contributed by atoms with E-state index in [4.69, 9.17) is 0 Å². The van der Waals surface area contributed by atoms with Crippen LogP contribution in [0.2, 0.25) is 0 Å². The zero-order chi connectivity index (χ0) is 83.9. The molecule has 18 aromatic rings. The van der Waals surface area contributed by atoms with Crippen molar-refractivity contribution < 1.29 is 19.2 Å². The second kappa shape index (κ2) is 38.8. The van der Waals surface area contributed by atoms with Gasteiger partial charge < -0.3 is 21.3 Å². The van der Waals surface area contributed by atoms with Crippen LogP contribution in [0, 0.1) is 0 Å². The molecule has 1 fully saturated rings. The number of carbonyl (C=O) groups excluding carboxylic acids is 4. The minimum atomic E-state index is -1.15. The Balaban J connectivity index is 0.000000170. The molecule has 1 aliphatic carbocycles. The van der Waals surface area contributed by atoms with E-state index in [0.29, 0.717) is 22.3 Å². The molecule has 0 saturated heterocycles. The molecule has 0 bridgehead atoms. The molecule has 18 aromatic carbocycles. The third kappa shape index (κ3) is 17.8. The maximum absolute atomic E-state index is 15.7. The first kappa shape index (κ1) is 81.6. The van der Waals surface area contributed by atoms with Crippen LogP contribution in [0.4, 0.5) is 0 Å². The fourth-order valence-electron chi connectivity index (χ4n) is 17.5. The molecular formula is C112H90N4O4P4. The molecule has 0 spiro atoms. The van der Waals surface area contributed by atoms with Crippen molar-refractivity contribution in [1.29, 1.82) is 0 Å². The van der Waals surface area contributed by atoms with Crippen molar-refractivity contribution in [2.24, 2.45) is 0 Å². The molecule has 0 aromatic heterocycles. The highest BCUT2D eigenvalue weighted by atomic mass is 31.1. The molecular weight excluding hydrogens is 1590 g/mol. The highest BCUT2D eigenvalue weighted by Gasteiger charge is 2.37. The molecule has 0 radical (unpaired) electrons. The number of carbonyl (C=O) groups is 4. The Morgan fingerprint density at radius 1 is 0.210 bits per heavy atom. The second-order valence-corrected chi connectivity index (χ2v) is 39.7. The summed E-state index contributed by atoms with van der Waals surface area (Å²) in [5.74, 6) is -0.625. The summed E-state index contributed by atoms with van der Waals surface area (Å²) in [4.78, 5) is 61.6. The van der Waals surface area contributed by atoms with Gasteiger partial charge in [0.05, 0.1) is 34.3 Å².